The van der Waals surface area contributed by atoms with Gasteiger partial charge in [-0.1, -0.05) is 6.07 Å². The number of hydrogen-bond acceptors (Lipinski definition) is 3. The molecule has 0 aliphatic heterocycles. The van der Waals surface area contributed by atoms with Gasteiger partial charge in [-0.15, -0.1) is 0 Å². The third kappa shape index (κ3) is 3.70. The molecule has 0 bridgehead atoms. The molecule has 0 aliphatic carbocycles. The van der Waals surface area contributed by atoms with Gasteiger partial charge < -0.3 is 9.88 Å². The Balaban J connectivity index is 2.03. The lowest BCUT2D eigenvalue weighted by Crippen LogP contribution is -2.22. The Kier molecular flexibility index (Phi) is 3.73. The molecule has 0 radical (unpaired) electrons. The van der Waals surface area contributed by atoms with Crippen LogP contribution in [0.15, 0.2) is 36.9 Å². The van der Waals surface area contributed by atoms with Crippen molar-refractivity contribution in [3.63, 3.8) is 0 Å². The van der Waals surface area contributed by atoms with E-state index in [-0.39, 0.29) is 11.9 Å². The zero-order chi connectivity index (χ0) is 13.9. The van der Waals surface area contributed by atoms with Crippen LogP contribution < -0.4 is 5.32 Å². The number of rotatable bonds is 4. The molecule has 0 spiro atoms. The molecule has 19 heavy (non-hydrogen) atoms. The van der Waals surface area contributed by atoms with E-state index in [2.05, 4.69) is 15.3 Å². The molecule has 0 saturated carbocycles. The van der Waals surface area contributed by atoms with Gasteiger partial charge in [-0.3, -0.25) is 0 Å². The van der Waals surface area contributed by atoms with E-state index in [1.54, 1.807) is 18.7 Å². The zero-order valence-corrected chi connectivity index (χ0v) is 10.2. The molecule has 2 aromatic heterocycles. The van der Waals surface area contributed by atoms with E-state index < -0.39 is 11.9 Å². The first-order valence-electron chi connectivity index (χ1n) is 5.71. The summed E-state index contributed by atoms with van der Waals surface area (Å²) < 4.78 is 39.4. The fourth-order valence-corrected chi connectivity index (χ4v) is 1.68. The highest BCUT2D eigenvalue weighted by Crippen LogP contribution is 2.28. The Morgan fingerprint density at radius 3 is 2.79 bits per heavy atom. The van der Waals surface area contributed by atoms with Crippen LogP contribution in [0.2, 0.25) is 0 Å². The van der Waals surface area contributed by atoms with Crippen LogP contribution in [0.5, 0.6) is 0 Å². The van der Waals surface area contributed by atoms with Crippen LogP contribution in [0.3, 0.4) is 0 Å². The molecule has 2 heterocycles. The largest absolute Gasteiger partial charge is 0.433 e. The van der Waals surface area contributed by atoms with E-state index in [4.69, 9.17) is 0 Å². The summed E-state index contributed by atoms with van der Waals surface area (Å²) in [4.78, 5) is 7.45. The lowest BCUT2D eigenvalue weighted by atomic mass is 10.3. The highest BCUT2D eigenvalue weighted by Gasteiger charge is 2.32. The van der Waals surface area contributed by atoms with E-state index in [1.165, 1.54) is 12.1 Å². The number of alkyl halides is 3. The van der Waals surface area contributed by atoms with Gasteiger partial charge in [-0.2, -0.15) is 13.2 Å². The number of anilines is 1. The fourth-order valence-electron chi connectivity index (χ4n) is 1.68. The lowest BCUT2D eigenvalue weighted by molar-refractivity contribution is -0.141. The summed E-state index contributed by atoms with van der Waals surface area (Å²) in [5.74, 6) is 0.211. The number of hydrogen-bond donors (Lipinski definition) is 1. The average Bonchev–Trinajstić information content (AvgIpc) is 2.80. The van der Waals surface area contributed by atoms with Crippen molar-refractivity contribution >= 4 is 5.82 Å². The van der Waals surface area contributed by atoms with Crippen LogP contribution in [-0.2, 0) is 12.7 Å². The van der Waals surface area contributed by atoms with E-state index in [9.17, 15) is 13.2 Å². The molecule has 0 aliphatic rings. The monoisotopic (exact) mass is 270 g/mol. The molecule has 1 unspecified atom stereocenters. The minimum atomic E-state index is -4.43. The Hall–Kier alpha value is -2.05. The first kappa shape index (κ1) is 13.4. The number of aromatic nitrogens is 3. The molecule has 0 saturated heterocycles. The van der Waals surface area contributed by atoms with Crippen LogP contribution in [0.1, 0.15) is 12.6 Å². The summed E-state index contributed by atoms with van der Waals surface area (Å²) in [6.07, 6.45) is 0.663. The maximum atomic E-state index is 12.5. The Morgan fingerprint density at radius 1 is 1.37 bits per heavy atom. The second-order valence-electron chi connectivity index (χ2n) is 4.21. The molecule has 0 aromatic carbocycles. The van der Waals surface area contributed by atoms with Crippen molar-refractivity contribution in [3.05, 3.63) is 42.6 Å². The molecule has 7 heteroatoms. The average molecular weight is 270 g/mol. The van der Waals surface area contributed by atoms with Gasteiger partial charge >= 0.3 is 6.18 Å². The van der Waals surface area contributed by atoms with Gasteiger partial charge in [0.05, 0.1) is 6.33 Å². The maximum absolute atomic E-state index is 12.5. The second-order valence-corrected chi connectivity index (χ2v) is 4.21. The van der Waals surface area contributed by atoms with Crippen molar-refractivity contribution in [3.8, 4) is 0 Å². The van der Waals surface area contributed by atoms with Crippen molar-refractivity contribution < 1.29 is 13.2 Å². The topological polar surface area (TPSA) is 42.7 Å². The summed E-state index contributed by atoms with van der Waals surface area (Å²) >= 11 is 0. The quantitative estimate of drug-likeness (QED) is 0.929. The van der Waals surface area contributed by atoms with Crippen LogP contribution in [0, 0.1) is 0 Å². The molecule has 2 rings (SSSR count). The van der Waals surface area contributed by atoms with Crippen LogP contribution >= 0.6 is 0 Å². The Morgan fingerprint density at radius 2 is 2.16 bits per heavy atom. The summed E-state index contributed by atoms with van der Waals surface area (Å²) in [5.41, 5.74) is -0.896. The Labute approximate surface area is 108 Å². The van der Waals surface area contributed by atoms with Gasteiger partial charge in [-0.05, 0) is 19.1 Å². The van der Waals surface area contributed by atoms with E-state index in [0.29, 0.717) is 6.54 Å². The first-order chi connectivity index (χ1) is 8.95. The minimum absolute atomic E-state index is 0.0646. The predicted molar refractivity (Wildman–Crippen MR) is 64.6 cm³/mol. The predicted octanol–water partition coefficient (Wildman–Crippen LogP) is 2.80. The van der Waals surface area contributed by atoms with Gasteiger partial charge in [0, 0.05) is 25.0 Å². The van der Waals surface area contributed by atoms with Gasteiger partial charge in [0.2, 0.25) is 0 Å². The number of pyridine rings is 1. The minimum Gasteiger partial charge on any atom is -0.366 e. The van der Waals surface area contributed by atoms with Gasteiger partial charge in [0.15, 0.2) is 0 Å². The van der Waals surface area contributed by atoms with Gasteiger partial charge in [0.25, 0.3) is 0 Å². The van der Waals surface area contributed by atoms with Gasteiger partial charge in [-0.25, -0.2) is 9.97 Å². The SMILES string of the molecule is CC(Cn1ccnc1)Nc1cccc(C(F)(F)F)n1. The Bertz CT molecular complexity index is 522. The molecule has 0 fully saturated rings. The highest BCUT2D eigenvalue weighted by molar-refractivity contribution is 5.36. The third-order valence-electron chi connectivity index (χ3n) is 2.48. The highest BCUT2D eigenvalue weighted by atomic mass is 19.4. The number of imidazole rings is 1. The maximum Gasteiger partial charge on any atom is 0.433 e. The molecular weight excluding hydrogens is 257 g/mol. The number of nitrogens with zero attached hydrogens (tertiary/aromatic N) is 3. The molecule has 0 amide bonds. The van der Waals surface area contributed by atoms with Crippen molar-refractivity contribution in [2.75, 3.05) is 5.32 Å². The van der Waals surface area contributed by atoms with Crippen molar-refractivity contribution in [2.24, 2.45) is 0 Å². The fraction of sp³-hybridized carbons (Fsp3) is 0.333. The van der Waals surface area contributed by atoms with Crippen molar-refractivity contribution in [1.29, 1.82) is 0 Å². The second kappa shape index (κ2) is 5.29. The molecule has 4 nitrogen and oxygen atoms in total. The number of nitrogens with one attached hydrogen (secondary N) is 1. The van der Waals surface area contributed by atoms with E-state index in [1.807, 2.05) is 11.5 Å². The molecule has 102 valence electrons. The lowest BCUT2D eigenvalue weighted by Gasteiger charge is -2.16. The van der Waals surface area contributed by atoms with E-state index in [0.717, 1.165) is 6.07 Å². The third-order valence-corrected chi connectivity index (χ3v) is 2.48. The summed E-state index contributed by atoms with van der Waals surface area (Å²) in [6.45, 7) is 2.46. The van der Waals surface area contributed by atoms with Gasteiger partial charge in [0.1, 0.15) is 11.5 Å². The molecule has 1 N–H and O–H groups in total. The summed E-state index contributed by atoms with van der Waals surface area (Å²) in [6, 6.07) is 3.73. The van der Waals surface area contributed by atoms with E-state index >= 15 is 0 Å². The van der Waals surface area contributed by atoms with Crippen LogP contribution in [0.25, 0.3) is 0 Å². The molecular formula is C12H13F3N4. The van der Waals surface area contributed by atoms with Crippen molar-refractivity contribution in [1.82, 2.24) is 14.5 Å². The first-order valence-corrected chi connectivity index (χ1v) is 5.71. The molecule has 1 atom stereocenters. The summed E-state index contributed by atoms with van der Waals surface area (Å²) in [7, 11) is 0. The summed E-state index contributed by atoms with van der Waals surface area (Å²) in [5, 5.41) is 2.93. The smallest absolute Gasteiger partial charge is 0.366 e. The number of halogens is 3. The zero-order valence-electron chi connectivity index (χ0n) is 10.2. The van der Waals surface area contributed by atoms with Crippen LogP contribution in [-0.4, -0.2) is 20.6 Å². The van der Waals surface area contributed by atoms with Crippen molar-refractivity contribution in [2.45, 2.75) is 25.7 Å². The standard InChI is InChI=1S/C12H13F3N4/c1-9(7-19-6-5-16-8-19)17-11-4-2-3-10(18-11)12(13,14)15/h2-6,8-9H,7H2,1H3,(H,17,18). The molecule has 2 aromatic rings. The normalized spacial score (nSPS) is 13.3. The van der Waals surface area contributed by atoms with Crippen LogP contribution in [0.4, 0.5) is 19.0 Å².